The Kier molecular flexibility index (Phi) is 6.80. The zero-order chi connectivity index (χ0) is 10.4. The molecule has 3 nitrogen and oxygen atoms in total. The Hall–Kier alpha value is -0.700. The van der Waals surface area contributed by atoms with Gasteiger partial charge in [-0.15, -0.1) is 0 Å². The smallest absolute Gasteiger partial charge is 0.132 e. The van der Waals surface area contributed by atoms with Gasteiger partial charge in [0.1, 0.15) is 11.6 Å². The van der Waals surface area contributed by atoms with Gasteiger partial charge in [0.2, 0.25) is 0 Å². The van der Waals surface area contributed by atoms with E-state index in [1.165, 1.54) is 20.8 Å². The topological polar surface area (TPSA) is 54.4 Å². The Balaban J connectivity index is 0. The van der Waals surface area contributed by atoms with Crippen LogP contribution in [0.5, 0.6) is 0 Å². The van der Waals surface area contributed by atoms with Gasteiger partial charge in [-0.05, 0) is 34.6 Å². The van der Waals surface area contributed by atoms with Crippen LogP contribution in [0.15, 0.2) is 0 Å². The van der Waals surface area contributed by atoms with Crippen LogP contribution in [0.4, 0.5) is 0 Å². The number of Topliss-reactive ketones (excluding diaryl/α,β-unsaturated/α-hetero) is 2. The van der Waals surface area contributed by atoms with Gasteiger partial charge < -0.3 is 9.90 Å². The van der Waals surface area contributed by atoms with Gasteiger partial charge in [0, 0.05) is 6.42 Å². The first-order valence-electron chi connectivity index (χ1n) is 3.84. The minimum absolute atomic E-state index is 0.0255. The van der Waals surface area contributed by atoms with Gasteiger partial charge in [-0.25, -0.2) is 0 Å². The average molecular weight is 174 g/mol. The number of hydrogen-bond donors (Lipinski definition) is 1. The number of carbonyl (C=O) groups is 2. The van der Waals surface area contributed by atoms with Crippen LogP contribution in [0.2, 0.25) is 0 Å². The minimum Gasteiger partial charge on any atom is -0.390 e. The largest absolute Gasteiger partial charge is 0.390 e. The van der Waals surface area contributed by atoms with Crippen LogP contribution in [0.25, 0.3) is 0 Å². The highest BCUT2D eigenvalue weighted by Crippen LogP contribution is 2.06. The molecule has 3 heteroatoms. The predicted molar refractivity (Wildman–Crippen MR) is 48.0 cm³/mol. The molecule has 0 aromatic rings. The Morgan fingerprint density at radius 3 is 1.42 bits per heavy atom. The van der Waals surface area contributed by atoms with Gasteiger partial charge in [-0.2, -0.15) is 0 Å². The fraction of sp³-hybridized carbons (Fsp3) is 0.778. The second kappa shape index (κ2) is 5.89. The summed E-state index contributed by atoms with van der Waals surface area (Å²) in [7, 11) is 0. The Bertz CT molecular complexity index is 150. The molecule has 0 aliphatic rings. The standard InChI is InChI=1S/C6H12O2.C3H6O/c1-5(7)4-6(2,3)8;1-3(2)4/h8H,4H2,1-3H3;1-2H3. The first-order valence-corrected chi connectivity index (χ1v) is 3.84. The van der Waals surface area contributed by atoms with E-state index in [-0.39, 0.29) is 18.0 Å². The molecule has 0 radical (unpaired) electrons. The lowest BCUT2D eigenvalue weighted by molar-refractivity contribution is -0.120. The summed E-state index contributed by atoms with van der Waals surface area (Å²) >= 11 is 0. The Morgan fingerprint density at radius 1 is 1.17 bits per heavy atom. The maximum Gasteiger partial charge on any atom is 0.132 e. The summed E-state index contributed by atoms with van der Waals surface area (Å²) in [6, 6.07) is 0. The van der Waals surface area contributed by atoms with E-state index in [2.05, 4.69) is 0 Å². The maximum absolute atomic E-state index is 10.3. The van der Waals surface area contributed by atoms with Crippen molar-refractivity contribution in [3.63, 3.8) is 0 Å². The Labute approximate surface area is 73.8 Å². The number of carbonyl (C=O) groups excluding carboxylic acids is 2. The third-order valence-corrected chi connectivity index (χ3v) is 0.682. The first-order chi connectivity index (χ1) is 5.15. The van der Waals surface area contributed by atoms with Gasteiger partial charge in [-0.1, -0.05) is 0 Å². The molecule has 0 fully saturated rings. The van der Waals surface area contributed by atoms with Crippen molar-refractivity contribution in [2.24, 2.45) is 0 Å². The summed E-state index contributed by atoms with van der Waals surface area (Å²) in [4.78, 5) is 19.7. The highest BCUT2D eigenvalue weighted by molar-refractivity contribution is 5.76. The monoisotopic (exact) mass is 174 g/mol. The molecule has 0 rings (SSSR count). The van der Waals surface area contributed by atoms with Crippen molar-refractivity contribution in [3.8, 4) is 0 Å². The summed E-state index contributed by atoms with van der Waals surface area (Å²) in [5.41, 5.74) is -0.828. The lowest BCUT2D eigenvalue weighted by Gasteiger charge is -2.13. The van der Waals surface area contributed by atoms with E-state index in [4.69, 9.17) is 5.11 Å². The van der Waals surface area contributed by atoms with Gasteiger partial charge in [0.15, 0.2) is 0 Å². The summed E-state index contributed by atoms with van der Waals surface area (Å²) in [5, 5.41) is 8.97. The maximum atomic E-state index is 10.3. The number of hydrogen-bond acceptors (Lipinski definition) is 3. The van der Waals surface area contributed by atoms with E-state index in [9.17, 15) is 9.59 Å². The lowest BCUT2D eigenvalue weighted by atomic mass is 10.0. The van der Waals surface area contributed by atoms with Crippen LogP contribution < -0.4 is 0 Å². The second-order valence-electron chi connectivity index (χ2n) is 3.60. The van der Waals surface area contributed by atoms with Crippen LogP contribution in [-0.2, 0) is 9.59 Å². The number of ketones is 2. The van der Waals surface area contributed by atoms with E-state index in [1.807, 2.05) is 0 Å². The normalized spacial score (nSPS) is 9.83. The summed E-state index contributed by atoms with van der Waals surface area (Å²) in [6.45, 7) is 7.76. The van der Waals surface area contributed by atoms with Crippen LogP contribution in [0.3, 0.4) is 0 Å². The molecule has 0 bridgehead atoms. The lowest BCUT2D eigenvalue weighted by Crippen LogP contribution is -2.21. The molecule has 12 heavy (non-hydrogen) atoms. The molecular weight excluding hydrogens is 156 g/mol. The highest BCUT2D eigenvalue weighted by Gasteiger charge is 2.13. The molecule has 0 saturated carbocycles. The molecule has 0 aromatic carbocycles. The van der Waals surface area contributed by atoms with Gasteiger partial charge in [0.25, 0.3) is 0 Å². The van der Waals surface area contributed by atoms with Crippen molar-refractivity contribution in [1.29, 1.82) is 0 Å². The molecular formula is C9H18O3. The highest BCUT2D eigenvalue weighted by atomic mass is 16.3. The van der Waals surface area contributed by atoms with Crippen LogP contribution in [0, 0.1) is 0 Å². The summed E-state index contributed by atoms with van der Waals surface area (Å²) in [6.07, 6.45) is 0.243. The van der Waals surface area contributed by atoms with Gasteiger partial charge in [0.05, 0.1) is 5.60 Å². The molecule has 1 N–H and O–H groups in total. The first kappa shape index (κ1) is 13.9. The van der Waals surface area contributed by atoms with Gasteiger partial charge in [-0.3, -0.25) is 4.79 Å². The van der Waals surface area contributed by atoms with Crippen LogP contribution >= 0.6 is 0 Å². The van der Waals surface area contributed by atoms with E-state index in [1.54, 1.807) is 13.8 Å². The molecule has 0 spiro atoms. The molecule has 0 amide bonds. The molecule has 0 aromatic heterocycles. The number of aliphatic hydroxyl groups is 1. The van der Waals surface area contributed by atoms with Gasteiger partial charge >= 0.3 is 0 Å². The third-order valence-electron chi connectivity index (χ3n) is 0.682. The summed E-state index contributed by atoms with van der Waals surface area (Å²) < 4.78 is 0. The molecule has 0 aliphatic heterocycles. The Morgan fingerprint density at radius 2 is 1.42 bits per heavy atom. The predicted octanol–water partition coefficient (Wildman–Crippen LogP) is 1.33. The summed E-state index contributed by atoms with van der Waals surface area (Å²) in [5.74, 6) is 0.192. The zero-order valence-corrected chi connectivity index (χ0v) is 8.47. The average Bonchev–Trinajstić information content (AvgIpc) is 1.52. The van der Waals surface area contributed by atoms with E-state index in [0.717, 1.165) is 0 Å². The van der Waals surface area contributed by atoms with Crippen molar-refractivity contribution in [3.05, 3.63) is 0 Å². The van der Waals surface area contributed by atoms with E-state index < -0.39 is 5.60 Å². The number of rotatable bonds is 2. The molecule has 0 unspecified atom stereocenters. The fourth-order valence-electron chi connectivity index (χ4n) is 0.609. The van der Waals surface area contributed by atoms with Crippen LogP contribution in [0.1, 0.15) is 41.0 Å². The van der Waals surface area contributed by atoms with Crippen LogP contribution in [-0.4, -0.2) is 22.3 Å². The second-order valence-corrected chi connectivity index (χ2v) is 3.60. The fourth-order valence-corrected chi connectivity index (χ4v) is 0.609. The minimum atomic E-state index is -0.828. The molecule has 0 saturated heterocycles. The molecule has 72 valence electrons. The van der Waals surface area contributed by atoms with Crippen molar-refractivity contribution < 1.29 is 14.7 Å². The third kappa shape index (κ3) is 34.6. The van der Waals surface area contributed by atoms with E-state index >= 15 is 0 Å². The quantitative estimate of drug-likeness (QED) is 0.687. The van der Waals surface area contributed by atoms with Crippen molar-refractivity contribution >= 4 is 11.6 Å². The van der Waals surface area contributed by atoms with Crippen molar-refractivity contribution in [1.82, 2.24) is 0 Å². The molecule has 0 aliphatic carbocycles. The molecule has 0 atom stereocenters. The van der Waals surface area contributed by atoms with E-state index in [0.29, 0.717) is 0 Å². The van der Waals surface area contributed by atoms with Crippen molar-refractivity contribution in [2.45, 2.75) is 46.6 Å². The zero-order valence-electron chi connectivity index (χ0n) is 8.47. The SMILES string of the molecule is CC(=O)CC(C)(C)O.CC(C)=O. The van der Waals surface area contributed by atoms with Crippen molar-refractivity contribution in [2.75, 3.05) is 0 Å². The molecule has 0 heterocycles.